The second kappa shape index (κ2) is 6.25. The SMILES string of the molecule is CC(C)N1CCC2(CC1)NC(=O)N(Cc1cccc(C#N)c1)C2=O. The number of carbonyl (C=O) groups is 2. The highest BCUT2D eigenvalue weighted by molar-refractivity contribution is 6.07. The van der Waals surface area contributed by atoms with Gasteiger partial charge in [-0.05, 0) is 44.4 Å². The number of rotatable bonds is 3. The van der Waals surface area contributed by atoms with Crippen LogP contribution in [0.3, 0.4) is 0 Å². The lowest BCUT2D eigenvalue weighted by molar-refractivity contribution is -0.133. The summed E-state index contributed by atoms with van der Waals surface area (Å²) in [5.41, 5.74) is 0.559. The Hall–Kier alpha value is -2.39. The Bertz CT molecular complexity index is 699. The maximum absolute atomic E-state index is 12.9. The maximum atomic E-state index is 12.9. The number of nitriles is 1. The Labute approximate surface area is 142 Å². The van der Waals surface area contributed by atoms with Crippen LogP contribution in [0.4, 0.5) is 4.79 Å². The van der Waals surface area contributed by atoms with Gasteiger partial charge in [-0.2, -0.15) is 5.26 Å². The Balaban J connectivity index is 1.74. The summed E-state index contributed by atoms with van der Waals surface area (Å²) in [5.74, 6) is -0.140. The first kappa shape index (κ1) is 16.5. The molecule has 0 radical (unpaired) electrons. The van der Waals surface area contributed by atoms with Gasteiger partial charge in [-0.15, -0.1) is 0 Å². The topological polar surface area (TPSA) is 76.4 Å². The zero-order valence-electron chi connectivity index (χ0n) is 14.1. The highest BCUT2D eigenvalue weighted by Crippen LogP contribution is 2.31. The molecule has 0 bridgehead atoms. The van der Waals surface area contributed by atoms with Crippen molar-refractivity contribution in [1.82, 2.24) is 15.1 Å². The molecule has 2 fully saturated rings. The smallest absolute Gasteiger partial charge is 0.323 e. The predicted octanol–water partition coefficient (Wildman–Crippen LogP) is 1.85. The second-order valence-corrected chi connectivity index (χ2v) is 6.85. The Morgan fingerprint density at radius 1 is 1.29 bits per heavy atom. The summed E-state index contributed by atoms with van der Waals surface area (Å²) in [6, 6.07) is 9.20. The van der Waals surface area contributed by atoms with E-state index in [9.17, 15) is 9.59 Å². The fraction of sp³-hybridized carbons (Fsp3) is 0.500. The largest absolute Gasteiger partial charge is 0.325 e. The Kier molecular flexibility index (Phi) is 4.29. The maximum Gasteiger partial charge on any atom is 0.325 e. The van der Waals surface area contributed by atoms with Gasteiger partial charge < -0.3 is 10.2 Å². The van der Waals surface area contributed by atoms with Gasteiger partial charge in [0.1, 0.15) is 5.54 Å². The van der Waals surface area contributed by atoms with E-state index in [4.69, 9.17) is 5.26 Å². The monoisotopic (exact) mass is 326 g/mol. The van der Waals surface area contributed by atoms with Crippen LogP contribution in [0.1, 0.15) is 37.8 Å². The van der Waals surface area contributed by atoms with E-state index in [2.05, 4.69) is 30.1 Å². The lowest BCUT2D eigenvalue weighted by Crippen LogP contribution is -2.55. The molecule has 0 unspecified atom stereocenters. The number of nitrogens with zero attached hydrogens (tertiary/aromatic N) is 3. The van der Waals surface area contributed by atoms with Crippen LogP contribution in [-0.4, -0.2) is 46.4 Å². The molecule has 1 N–H and O–H groups in total. The van der Waals surface area contributed by atoms with E-state index in [1.165, 1.54) is 4.90 Å². The molecule has 0 saturated carbocycles. The molecule has 2 aliphatic rings. The van der Waals surface area contributed by atoms with Gasteiger partial charge in [0, 0.05) is 19.1 Å². The third-order valence-corrected chi connectivity index (χ3v) is 5.02. The molecule has 2 heterocycles. The van der Waals surface area contributed by atoms with Crippen LogP contribution in [0.2, 0.25) is 0 Å². The minimum Gasteiger partial charge on any atom is -0.323 e. The van der Waals surface area contributed by atoms with Crippen LogP contribution in [0.25, 0.3) is 0 Å². The first-order chi connectivity index (χ1) is 11.4. The lowest BCUT2D eigenvalue weighted by atomic mass is 9.87. The summed E-state index contributed by atoms with van der Waals surface area (Å²) in [7, 11) is 0. The van der Waals surface area contributed by atoms with Gasteiger partial charge in [0.25, 0.3) is 5.91 Å². The quantitative estimate of drug-likeness (QED) is 0.860. The number of nitrogens with one attached hydrogen (secondary N) is 1. The van der Waals surface area contributed by atoms with E-state index >= 15 is 0 Å². The molecular formula is C18H22N4O2. The molecule has 3 amide bonds. The zero-order valence-corrected chi connectivity index (χ0v) is 14.1. The van der Waals surface area contributed by atoms with Gasteiger partial charge in [0.2, 0.25) is 0 Å². The summed E-state index contributed by atoms with van der Waals surface area (Å²) < 4.78 is 0. The van der Waals surface area contributed by atoms with E-state index in [1.807, 2.05) is 6.07 Å². The number of hydrogen-bond acceptors (Lipinski definition) is 4. The number of benzene rings is 1. The molecule has 1 spiro atoms. The lowest BCUT2D eigenvalue weighted by Gasteiger charge is -2.39. The minimum absolute atomic E-state index is 0.140. The summed E-state index contributed by atoms with van der Waals surface area (Å²) in [6.45, 7) is 6.10. The summed E-state index contributed by atoms with van der Waals surface area (Å²) in [5, 5.41) is 11.9. The fourth-order valence-corrected chi connectivity index (χ4v) is 3.50. The van der Waals surface area contributed by atoms with Gasteiger partial charge in [0.05, 0.1) is 18.2 Å². The number of imide groups is 1. The van der Waals surface area contributed by atoms with Crippen LogP contribution >= 0.6 is 0 Å². The van der Waals surface area contributed by atoms with Gasteiger partial charge in [-0.25, -0.2) is 4.79 Å². The van der Waals surface area contributed by atoms with Crippen LogP contribution in [0.5, 0.6) is 0 Å². The summed E-state index contributed by atoms with van der Waals surface area (Å²) >= 11 is 0. The number of likely N-dealkylation sites (tertiary alicyclic amines) is 1. The molecular weight excluding hydrogens is 304 g/mol. The molecule has 0 atom stereocenters. The van der Waals surface area contributed by atoms with E-state index in [0.29, 0.717) is 24.4 Å². The van der Waals surface area contributed by atoms with Gasteiger partial charge >= 0.3 is 6.03 Å². The predicted molar refractivity (Wildman–Crippen MR) is 88.9 cm³/mol. The summed E-state index contributed by atoms with van der Waals surface area (Å²) in [4.78, 5) is 28.8. The number of carbonyl (C=O) groups excluding carboxylic acids is 2. The second-order valence-electron chi connectivity index (χ2n) is 6.85. The van der Waals surface area contributed by atoms with E-state index in [1.54, 1.807) is 18.2 Å². The van der Waals surface area contributed by atoms with E-state index in [-0.39, 0.29) is 18.5 Å². The van der Waals surface area contributed by atoms with Crippen LogP contribution in [0, 0.1) is 11.3 Å². The molecule has 24 heavy (non-hydrogen) atoms. The van der Waals surface area contributed by atoms with Crippen molar-refractivity contribution in [3.63, 3.8) is 0 Å². The molecule has 126 valence electrons. The first-order valence-electron chi connectivity index (χ1n) is 8.32. The molecule has 6 nitrogen and oxygen atoms in total. The van der Waals surface area contributed by atoms with Crippen molar-refractivity contribution in [2.75, 3.05) is 13.1 Å². The number of piperidine rings is 1. The first-order valence-corrected chi connectivity index (χ1v) is 8.32. The molecule has 2 saturated heterocycles. The van der Waals surface area contributed by atoms with Crippen molar-refractivity contribution >= 4 is 11.9 Å². The van der Waals surface area contributed by atoms with Crippen molar-refractivity contribution in [3.05, 3.63) is 35.4 Å². The van der Waals surface area contributed by atoms with Crippen LogP contribution < -0.4 is 5.32 Å². The van der Waals surface area contributed by atoms with Crippen molar-refractivity contribution in [2.24, 2.45) is 0 Å². The summed E-state index contributed by atoms with van der Waals surface area (Å²) in [6.07, 6.45) is 1.29. The number of amides is 3. The average Bonchev–Trinajstić information content (AvgIpc) is 2.80. The molecule has 6 heteroatoms. The standard InChI is InChI=1S/C18H22N4O2/c1-13(2)21-8-6-18(7-9-21)16(23)22(17(24)20-18)12-15-5-3-4-14(10-15)11-19/h3-5,10,13H,6-9,12H2,1-2H3,(H,20,24). The molecule has 0 aromatic heterocycles. The van der Waals surface area contributed by atoms with E-state index in [0.717, 1.165) is 18.7 Å². The molecule has 2 aliphatic heterocycles. The van der Waals surface area contributed by atoms with Gasteiger partial charge in [-0.3, -0.25) is 9.69 Å². The Morgan fingerprint density at radius 2 is 2.00 bits per heavy atom. The normalized spacial score (nSPS) is 20.5. The van der Waals surface area contributed by atoms with Crippen molar-refractivity contribution in [3.8, 4) is 6.07 Å². The van der Waals surface area contributed by atoms with Gasteiger partial charge in [0.15, 0.2) is 0 Å². The van der Waals surface area contributed by atoms with Gasteiger partial charge in [-0.1, -0.05) is 12.1 Å². The third-order valence-electron chi connectivity index (χ3n) is 5.02. The molecule has 1 aromatic rings. The highest BCUT2D eigenvalue weighted by atomic mass is 16.2. The molecule has 1 aromatic carbocycles. The molecule has 3 rings (SSSR count). The third kappa shape index (κ3) is 2.87. The minimum atomic E-state index is -0.755. The molecule has 0 aliphatic carbocycles. The van der Waals surface area contributed by atoms with Crippen molar-refractivity contribution in [1.29, 1.82) is 5.26 Å². The highest BCUT2D eigenvalue weighted by Gasteiger charge is 2.52. The average molecular weight is 326 g/mol. The number of hydrogen-bond donors (Lipinski definition) is 1. The van der Waals surface area contributed by atoms with Crippen molar-refractivity contribution < 1.29 is 9.59 Å². The van der Waals surface area contributed by atoms with E-state index < -0.39 is 5.54 Å². The Morgan fingerprint density at radius 3 is 2.62 bits per heavy atom. The van der Waals surface area contributed by atoms with Crippen LogP contribution in [0.15, 0.2) is 24.3 Å². The number of urea groups is 1. The zero-order chi connectivity index (χ0) is 17.3. The fourth-order valence-electron chi connectivity index (χ4n) is 3.50. The van der Waals surface area contributed by atoms with Crippen molar-refractivity contribution in [2.45, 2.75) is 44.8 Å². The van der Waals surface area contributed by atoms with Crippen LogP contribution in [-0.2, 0) is 11.3 Å².